The van der Waals surface area contributed by atoms with E-state index in [0.717, 1.165) is 35.4 Å². The molecule has 7 nitrogen and oxygen atoms in total. The minimum atomic E-state index is -3.62. The molecule has 1 saturated carbocycles. The summed E-state index contributed by atoms with van der Waals surface area (Å²) in [6, 6.07) is 5.62. The number of nitrogens with one attached hydrogen (secondary N) is 1. The lowest BCUT2D eigenvalue weighted by atomic mass is 9.88. The molecule has 5 rings (SSSR count). The van der Waals surface area contributed by atoms with Gasteiger partial charge in [-0.05, 0) is 48.4 Å². The van der Waals surface area contributed by atoms with Gasteiger partial charge in [0.2, 0.25) is 10.0 Å². The van der Waals surface area contributed by atoms with E-state index in [2.05, 4.69) is 5.32 Å². The van der Waals surface area contributed by atoms with E-state index in [9.17, 15) is 18.0 Å². The Balaban J connectivity index is 1.27. The third-order valence-electron chi connectivity index (χ3n) is 7.39. The van der Waals surface area contributed by atoms with E-state index in [1.54, 1.807) is 6.08 Å². The number of fused-ring (bicyclic) bond motifs is 1. The largest absolute Gasteiger partial charge is 0.312 e. The molecule has 0 radical (unpaired) electrons. The lowest BCUT2D eigenvalue weighted by molar-refractivity contribution is -0.125. The molecule has 1 spiro atoms. The van der Waals surface area contributed by atoms with Crippen LogP contribution in [0.3, 0.4) is 0 Å². The second-order valence-electron chi connectivity index (χ2n) is 9.44. The van der Waals surface area contributed by atoms with Crippen LogP contribution in [0.15, 0.2) is 28.6 Å². The quantitative estimate of drug-likeness (QED) is 0.755. The number of carbonyl (C=O) groups is 2. The summed E-state index contributed by atoms with van der Waals surface area (Å²) in [5, 5.41) is 4.24. The van der Waals surface area contributed by atoms with Gasteiger partial charge in [-0.15, -0.1) is 0 Å². The smallest absolute Gasteiger partial charge is 0.253 e. The fourth-order valence-electron chi connectivity index (χ4n) is 5.47. The molecule has 1 aromatic rings. The fraction of sp³-hybridized carbons (Fsp3) is 0.542. The molecule has 170 valence electrons. The number of nitrogens with zero attached hydrogens (tertiary/aromatic N) is 2. The number of carbonyl (C=O) groups excluding carboxylic acids is 2. The Hall–Kier alpha value is -2.32. The monoisotopic (exact) mass is 455 g/mol. The van der Waals surface area contributed by atoms with Gasteiger partial charge in [0.25, 0.3) is 5.91 Å². The maximum atomic E-state index is 13.0. The first-order valence-electron chi connectivity index (χ1n) is 11.6. The van der Waals surface area contributed by atoms with E-state index in [4.69, 9.17) is 4.99 Å². The van der Waals surface area contributed by atoms with Crippen LogP contribution in [-0.2, 0) is 32.5 Å². The van der Waals surface area contributed by atoms with Crippen molar-refractivity contribution in [2.75, 3.05) is 13.1 Å². The van der Waals surface area contributed by atoms with E-state index in [-0.39, 0.29) is 24.8 Å². The van der Waals surface area contributed by atoms with Crippen LogP contribution < -0.4 is 5.32 Å². The maximum absolute atomic E-state index is 13.0. The number of piperidine rings is 1. The van der Waals surface area contributed by atoms with Gasteiger partial charge in [-0.2, -0.15) is 4.31 Å². The fourth-order valence-corrected chi connectivity index (χ4v) is 6.65. The molecule has 1 aromatic carbocycles. The van der Waals surface area contributed by atoms with Crippen LogP contribution >= 0.6 is 0 Å². The van der Waals surface area contributed by atoms with Gasteiger partial charge >= 0.3 is 0 Å². The Morgan fingerprint density at radius 1 is 1.06 bits per heavy atom. The van der Waals surface area contributed by atoms with Crippen molar-refractivity contribution < 1.29 is 18.0 Å². The highest BCUT2D eigenvalue weighted by molar-refractivity contribution is 7.92. The lowest BCUT2D eigenvalue weighted by Gasteiger charge is -2.34. The third-order valence-corrected chi connectivity index (χ3v) is 8.96. The Morgan fingerprint density at radius 3 is 2.56 bits per heavy atom. The van der Waals surface area contributed by atoms with E-state index < -0.39 is 15.6 Å². The minimum absolute atomic E-state index is 0.0739. The van der Waals surface area contributed by atoms with Crippen molar-refractivity contribution in [1.29, 1.82) is 0 Å². The topological polar surface area (TPSA) is 95.9 Å². The predicted molar refractivity (Wildman–Crippen MR) is 123 cm³/mol. The van der Waals surface area contributed by atoms with Crippen LogP contribution in [0.4, 0.5) is 0 Å². The van der Waals surface area contributed by atoms with Crippen LogP contribution in [0.5, 0.6) is 0 Å². The molecular weight excluding hydrogens is 426 g/mol. The molecule has 0 aromatic heterocycles. The van der Waals surface area contributed by atoms with E-state index >= 15 is 0 Å². The number of ketones is 1. The Labute approximate surface area is 189 Å². The summed E-state index contributed by atoms with van der Waals surface area (Å²) in [7, 11) is -3.62. The van der Waals surface area contributed by atoms with Crippen LogP contribution in [0.1, 0.15) is 61.6 Å². The zero-order chi connectivity index (χ0) is 22.3. The van der Waals surface area contributed by atoms with Gasteiger partial charge in [0.05, 0.1) is 0 Å². The second-order valence-corrected chi connectivity index (χ2v) is 11.3. The molecule has 8 heteroatoms. The summed E-state index contributed by atoms with van der Waals surface area (Å²) in [6.07, 6.45) is 8.89. The van der Waals surface area contributed by atoms with Crippen molar-refractivity contribution in [1.82, 2.24) is 9.62 Å². The second kappa shape index (κ2) is 8.23. The maximum Gasteiger partial charge on any atom is 0.253 e. The first kappa shape index (κ1) is 21.5. The first-order chi connectivity index (χ1) is 15.4. The van der Waals surface area contributed by atoms with Gasteiger partial charge in [0, 0.05) is 37.3 Å². The molecule has 0 bridgehead atoms. The zero-order valence-corrected chi connectivity index (χ0v) is 19.0. The molecule has 2 aliphatic carbocycles. The van der Waals surface area contributed by atoms with Gasteiger partial charge in [0.1, 0.15) is 17.2 Å². The van der Waals surface area contributed by atoms with Gasteiger partial charge in [-0.1, -0.05) is 37.5 Å². The number of aliphatic imine (C=N–C) groups is 1. The Kier molecular flexibility index (Phi) is 5.53. The standard InChI is InChI=1S/C24H29N3O4S/c28-20-15-19-8-4-7-17(21(19)16-20)9-14-32(30,31)27-12-10-24(11-13-27)23(29)25-22(26-24)18-5-2-1-3-6-18/h4,7-9,14,18H,1-3,5-6,10-13,15-16H2,(H,25,26,29)/b14-9+. The van der Waals surface area contributed by atoms with E-state index in [1.165, 1.54) is 29.0 Å². The molecule has 32 heavy (non-hydrogen) atoms. The third kappa shape index (κ3) is 3.94. The van der Waals surface area contributed by atoms with E-state index in [0.29, 0.717) is 31.6 Å². The summed E-state index contributed by atoms with van der Waals surface area (Å²) in [5.41, 5.74) is 1.87. The van der Waals surface area contributed by atoms with Crippen LogP contribution in [0, 0.1) is 5.92 Å². The number of amides is 1. The summed E-state index contributed by atoms with van der Waals surface area (Å²) in [6.45, 7) is 0.542. The normalized spacial score (nSPS) is 24.2. The molecule has 2 aliphatic heterocycles. The molecule has 4 aliphatic rings. The lowest BCUT2D eigenvalue weighted by Crippen LogP contribution is -2.50. The number of benzene rings is 1. The molecule has 2 fully saturated rings. The van der Waals surface area contributed by atoms with Crippen molar-refractivity contribution in [3.63, 3.8) is 0 Å². The van der Waals surface area contributed by atoms with Crippen LogP contribution in [0.25, 0.3) is 6.08 Å². The Bertz CT molecular complexity index is 1110. The number of amidine groups is 1. The molecule has 1 N–H and O–H groups in total. The van der Waals surface area contributed by atoms with Gasteiger partial charge in [-0.3, -0.25) is 14.6 Å². The number of hydrogen-bond acceptors (Lipinski definition) is 5. The zero-order valence-electron chi connectivity index (χ0n) is 18.2. The van der Waals surface area contributed by atoms with Crippen LogP contribution in [0.2, 0.25) is 0 Å². The molecular formula is C24H29N3O4S. The number of hydrogen-bond donors (Lipinski definition) is 1. The average molecular weight is 456 g/mol. The molecule has 2 heterocycles. The van der Waals surface area contributed by atoms with Crippen molar-refractivity contribution in [3.8, 4) is 0 Å². The highest BCUT2D eigenvalue weighted by Crippen LogP contribution is 2.35. The first-order valence-corrected chi connectivity index (χ1v) is 13.1. The number of rotatable bonds is 4. The highest BCUT2D eigenvalue weighted by atomic mass is 32.2. The summed E-state index contributed by atoms with van der Waals surface area (Å²) >= 11 is 0. The minimum Gasteiger partial charge on any atom is -0.312 e. The van der Waals surface area contributed by atoms with Gasteiger partial charge in [0.15, 0.2) is 0 Å². The van der Waals surface area contributed by atoms with Crippen LogP contribution in [-0.4, -0.2) is 48.9 Å². The van der Waals surface area contributed by atoms with Crippen molar-refractivity contribution >= 4 is 33.6 Å². The van der Waals surface area contributed by atoms with Gasteiger partial charge < -0.3 is 5.32 Å². The van der Waals surface area contributed by atoms with E-state index in [1.807, 2.05) is 18.2 Å². The highest BCUT2D eigenvalue weighted by Gasteiger charge is 2.48. The number of Topliss-reactive ketones (excluding diaryl/α,β-unsaturated/α-hetero) is 1. The molecule has 0 unspecified atom stereocenters. The summed E-state index contributed by atoms with van der Waals surface area (Å²) in [4.78, 5) is 29.4. The van der Waals surface area contributed by atoms with Crippen molar-refractivity contribution in [3.05, 3.63) is 40.3 Å². The summed E-state index contributed by atoms with van der Waals surface area (Å²) in [5.74, 6) is 1.23. The summed E-state index contributed by atoms with van der Waals surface area (Å²) < 4.78 is 27.3. The van der Waals surface area contributed by atoms with Crippen molar-refractivity contribution in [2.45, 2.75) is 63.3 Å². The average Bonchev–Trinajstić information content (AvgIpc) is 3.33. The SMILES string of the molecule is O=C1Cc2cccc(/C=C/S(=O)(=O)N3CCC4(CC3)N=C(C3CCCCC3)NC4=O)c2C1. The molecule has 0 atom stereocenters. The number of sulfonamides is 1. The molecule has 1 saturated heterocycles. The molecule has 1 amide bonds. The van der Waals surface area contributed by atoms with Gasteiger partial charge in [-0.25, -0.2) is 8.42 Å². The predicted octanol–water partition coefficient (Wildman–Crippen LogP) is 2.60. The Morgan fingerprint density at radius 2 is 1.81 bits per heavy atom. The van der Waals surface area contributed by atoms with Crippen molar-refractivity contribution in [2.24, 2.45) is 10.9 Å².